The number of hydrogen-bond donors (Lipinski definition) is 2. The van der Waals surface area contributed by atoms with E-state index in [1.165, 1.54) is 0 Å². The minimum atomic E-state index is -2.36. The van der Waals surface area contributed by atoms with Gasteiger partial charge in [-0.1, -0.05) is 33.5 Å². The molecule has 2 aromatic heterocycles. The van der Waals surface area contributed by atoms with Crippen molar-refractivity contribution in [2.45, 2.75) is 13.8 Å². The molecule has 0 atom stereocenters. The van der Waals surface area contributed by atoms with Crippen LogP contribution >= 0.6 is 23.2 Å². The molecular formula is C8H10Cl2N4O2. The largest absolute Gasteiger partial charge is 0.366 e. The number of halogens is 2. The lowest BCUT2D eigenvalue weighted by Gasteiger charge is -1.77. The van der Waals surface area contributed by atoms with Crippen LogP contribution in [0.5, 0.6) is 0 Å². The standard InChI is InChI=1S/2C4H5ClN2O/c2*1-2-3(5)4(6)8-7-2/h2*6H2,1H3/i1D3;. The van der Waals surface area contributed by atoms with Gasteiger partial charge in [-0.2, -0.15) is 0 Å². The second-order valence-corrected chi connectivity index (χ2v) is 3.41. The lowest BCUT2D eigenvalue weighted by atomic mass is 10.5. The van der Waals surface area contributed by atoms with Crippen LogP contribution in [-0.2, 0) is 0 Å². The first-order valence-corrected chi connectivity index (χ1v) is 4.68. The second kappa shape index (κ2) is 5.09. The zero-order valence-electron chi connectivity index (χ0n) is 11.1. The topological polar surface area (TPSA) is 104 Å². The highest BCUT2D eigenvalue weighted by molar-refractivity contribution is 6.33. The van der Waals surface area contributed by atoms with Gasteiger partial charge in [0.15, 0.2) is 0 Å². The van der Waals surface area contributed by atoms with Crippen molar-refractivity contribution in [1.29, 1.82) is 0 Å². The van der Waals surface area contributed by atoms with Crippen molar-refractivity contribution >= 4 is 35.0 Å². The molecule has 0 aliphatic rings. The van der Waals surface area contributed by atoms with Crippen LogP contribution in [0.2, 0.25) is 10.0 Å². The van der Waals surface area contributed by atoms with Crippen molar-refractivity contribution in [2.75, 3.05) is 11.5 Å². The molecular weight excluding hydrogens is 255 g/mol. The molecule has 0 bridgehead atoms. The Kier molecular flexibility index (Phi) is 2.77. The lowest BCUT2D eigenvalue weighted by Crippen LogP contribution is -1.78. The van der Waals surface area contributed by atoms with Crippen molar-refractivity contribution < 1.29 is 13.2 Å². The van der Waals surface area contributed by atoms with E-state index in [0.29, 0.717) is 10.7 Å². The van der Waals surface area contributed by atoms with Gasteiger partial charge >= 0.3 is 0 Å². The Labute approximate surface area is 106 Å². The first kappa shape index (κ1) is 8.72. The number of nitrogen functional groups attached to an aromatic ring is 2. The molecule has 4 N–H and O–H groups in total. The van der Waals surface area contributed by atoms with Crippen LogP contribution in [-0.4, -0.2) is 10.3 Å². The first-order valence-electron chi connectivity index (χ1n) is 5.43. The highest BCUT2D eigenvalue weighted by atomic mass is 35.5. The summed E-state index contributed by atoms with van der Waals surface area (Å²) in [7, 11) is 0. The van der Waals surface area contributed by atoms with Gasteiger partial charge in [0.2, 0.25) is 11.8 Å². The predicted molar refractivity (Wildman–Crippen MR) is 61.3 cm³/mol. The summed E-state index contributed by atoms with van der Waals surface area (Å²) in [6.45, 7) is -0.638. The Morgan fingerprint density at radius 2 is 1.50 bits per heavy atom. The molecule has 0 radical (unpaired) electrons. The Morgan fingerprint density at radius 3 is 1.62 bits per heavy atom. The number of hydrogen-bond acceptors (Lipinski definition) is 6. The Bertz CT molecular complexity index is 547. The van der Waals surface area contributed by atoms with E-state index in [0.717, 1.165) is 0 Å². The number of aryl methyl sites for hydroxylation is 2. The van der Waals surface area contributed by atoms with E-state index in [9.17, 15) is 0 Å². The molecule has 2 rings (SSSR count). The van der Waals surface area contributed by atoms with Crippen LogP contribution < -0.4 is 11.5 Å². The third kappa shape index (κ3) is 2.80. The molecule has 88 valence electrons. The summed E-state index contributed by atoms with van der Waals surface area (Å²) in [5.41, 5.74) is 10.6. The Hall–Kier alpha value is -1.40. The molecule has 2 aromatic rings. The molecule has 0 aromatic carbocycles. The smallest absolute Gasteiger partial charge is 0.241 e. The zero-order valence-corrected chi connectivity index (χ0v) is 9.63. The van der Waals surface area contributed by atoms with Gasteiger partial charge in [0, 0.05) is 4.11 Å². The summed E-state index contributed by atoms with van der Waals surface area (Å²) >= 11 is 11.0. The molecule has 0 saturated carbocycles. The molecule has 16 heavy (non-hydrogen) atoms. The van der Waals surface area contributed by atoms with Crippen LogP contribution in [0.15, 0.2) is 9.05 Å². The SMILES string of the molecule is Cc1noc(N)c1Cl.[2H]C([2H])([2H])c1noc(N)c1Cl. The molecule has 0 saturated heterocycles. The van der Waals surface area contributed by atoms with Gasteiger partial charge in [-0.3, -0.25) is 0 Å². The fraction of sp³-hybridized carbons (Fsp3) is 0.250. The molecule has 8 heteroatoms. The van der Waals surface area contributed by atoms with E-state index in [2.05, 4.69) is 19.4 Å². The number of anilines is 2. The number of nitrogens with zero attached hydrogens (tertiary/aromatic N) is 2. The Morgan fingerprint density at radius 1 is 1.06 bits per heavy atom. The van der Waals surface area contributed by atoms with E-state index in [-0.39, 0.29) is 22.5 Å². The molecule has 0 unspecified atom stereocenters. The minimum Gasteiger partial charge on any atom is -0.366 e. The lowest BCUT2D eigenvalue weighted by molar-refractivity contribution is 0.431. The maximum Gasteiger partial charge on any atom is 0.241 e. The summed E-state index contributed by atoms with van der Waals surface area (Å²) < 4.78 is 29.5. The van der Waals surface area contributed by atoms with Gasteiger partial charge in [0.25, 0.3) is 0 Å². The number of rotatable bonds is 0. The Balaban J connectivity index is 0.000000200. The fourth-order valence-corrected chi connectivity index (χ4v) is 0.806. The zero-order chi connectivity index (χ0) is 14.8. The van der Waals surface area contributed by atoms with Gasteiger partial charge in [-0.15, -0.1) is 0 Å². The third-order valence-electron chi connectivity index (χ3n) is 1.47. The van der Waals surface area contributed by atoms with Crippen molar-refractivity contribution in [3.8, 4) is 0 Å². The summed E-state index contributed by atoms with van der Waals surface area (Å²) in [5.74, 6) is 0.0157. The van der Waals surface area contributed by atoms with Crippen molar-refractivity contribution in [2.24, 2.45) is 0 Å². The summed E-state index contributed by atoms with van der Waals surface area (Å²) in [6.07, 6.45) is 0. The molecule has 0 amide bonds. The van der Waals surface area contributed by atoms with Crippen LogP contribution in [0.4, 0.5) is 11.8 Å². The average molecular weight is 268 g/mol. The molecule has 0 fully saturated rings. The van der Waals surface area contributed by atoms with Crippen LogP contribution in [0, 0.1) is 13.8 Å². The fourth-order valence-electron chi connectivity index (χ4n) is 0.668. The monoisotopic (exact) mass is 267 g/mol. The van der Waals surface area contributed by atoms with Gasteiger partial charge in [-0.25, -0.2) is 0 Å². The van der Waals surface area contributed by atoms with Crippen LogP contribution in [0.1, 0.15) is 15.5 Å². The molecule has 6 nitrogen and oxygen atoms in total. The van der Waals surface area contributed by atoms with E-state index in [1.54, 1.807) is 6.92 Å². The summed E-state index contributed by atoms with van der Waals surface area (Å²) in [5, 5.41) is 6.95. The van der Waals surface area contributed by atoms with E-state index >= 15 is 0 Å². The molecule has 2 heterocycles. The first-order chi connectivity index (χ1) is 8.64. The maximum atomic E-state index is 6.90. The van der Waals surface area contributed by atoms with Gasteiger partial charge in [-0.05, 0) is 13.8 Å². The number of nitrogens with two attached hydrogens (primary N) is 2. The van der Waals surface area contributed by atoms with Crippen LogP contribution in [0.3, 0.4) is 0 Å². The highest BCUT2D eigenvalue weighted by Crippen LogP contribution is 2.21. The van der Waals surface area contributed by atoms with Gasteiger partial charge in [0.05, 0.1) is 0 Å². The normalized spacial score (nSPS) is 13.3. The average Bonchev–Trinajstić information content (AvgIpc) is 2.78. The quantitative estimate of drug-likeness (QED) is 0.760. The maximum absolute atomic E-state index is 6.90. The summed E-state index contributed by atoms with van der Waals surface area (Å²) in [6, 6.07) is 0. The highest BCUT2D eigenvalue weighted by Gasteiger charge is 2.04. The predicted octanol–water partition coefficient (Wildman–Crippen LogP) is 2.44. The minimum absolute atomic E-state index is 0.134. The molecule has 0 aliphatic heterocycles. The van der Waals surface area contributed by atoms with Gasteiger partial charge < -0.3 is 20.5 Å². The van der Waals surface area contributed by atoms with Crippen LogP contribution in [0.25, 0.3) is 0 Å². The third-order valence-corrected chi connectivity index (χ3v) is 2.30. The molecule has 0 aliphatic carbocycles. The van der Waals surface area contributed by atoms with Gasteiger partial charge in [0.1, 0.15) is 21.4 Å². The second-order valence-electron chi connectivity index (χ2n) is 2.66. The summed E-state index contributed by atoms with van der Waals surface area (Å²) in [4.78, 5) is 0. The molecule has 0 spiro atoms. The van der Waals surface area contributed by atoms with Crippen molar-refractivity contribution in [1.82, 2.24) is 10.3 Å². The number of aromatic nitrogens is 2. The van der Waals surface area contributed by atoms with E-state index < -0.39 is 6.85 Å². The van der Waals surface area contributed by atoms with Crippen molar-refractivity contribution in [3.63, 3.8) is 0 Å². The van der Waals surface area contributed by atoms with Crippen molar-refractivity contribution in [3.05, 3.63) is 21.4 Å². The van der Waals surface area contributed by atoms with E-state index in [1.807, 2.05) is 0 Å². The van der Waals surface area contributed by atoms with E-state index in [4.69, 9.17) is 38.8 Å².